The third-order valence-corrected chi connectivity index (χ3v) is 6.03. The summed E-state index contributed by atoms with van der Waals surface area (Å²) in [5.74, 6) is -0.0447. The number of aromatic carboxylic acids is 1. The van der Waals surface area contributed by atoms with Crippen molar-refractivity contribution in [2.24, 2.45) is 0 Å². The van der Waals surface area contributed by atoms with Crippen LogP contribution in [0.15, 0.2) is 72.3 Å². The molecule has 1 heterocycles. The molecule has 0 bridgehead atoms. The number of carboxylic acids is 1. The normalized spacial score (nSPS) is 17.0. The predicted molar refractivity (Wildman–Crippen MR) is 129 cm³/mol. The summed E-state index contributed by atoms with van der Waals surface area (Å²) in [6, 6.07) is 21.8. The minimum atomic E-state index is -0.913. The van der Waals surface area contributed by atoms with Crippen LogP contribution in [0.3, 0.4) is 0 Å². The van der Waals surface area contributed by atoms with Crippen molar-refractivity contribution in [3.05, 3.63) is 83.4 Å². The van der Waals surface area contributed by atoms with Crippen LogP contribution in [-0.2, 0) is 0 Å². The minimum absolute atomic E-state index is 0.291. The predicted octanol–water partition coefficient (Wildman–Crippen LogP) is 4.68. The fourth-order valence-electron chi connectivity index (χ4n) is 4.16. The van der Waals surface area contributed by atoms with Crippen LogP contribution >= 0.6 is 0 Å². The van der Waals surface area contributed by atoms with E-state index in [-0.39, 0.29) is 0 Å². The molecule has 4 rings (SSSR count). The highest BCUT2D eigenvalue weighted by Gasteiger charge is 2.20. The molecule has 0 amide bonds. The van der Waals surface area contributed by atoms with E-state index < -0.39 is 5.97 Å². The maximum Gasteiger partial charge on any atom is 0.335 e. The number of hydrogen-bond donors (Lipinski definition) is 2. The number of fused-ring (bicyclic) bond motifs is 1. The second kappa shape index (κ2) is 10.4. The molecule has 1 fully saturated rings. The van der Waals surface area contributed by atoms with Crippen LogP contribution in [-0.4, -0.2) is 54.8 Å². The molecule has 1 aliphatic rings. The average molecular weight is 431 g/mol. The molecule has 1 aliphatic heterocycles. The molecular weight excluding hydrogens is 400 g/mol. The molecule has 1 unspecified atom stereocenters. The van der Waals surface area contributed by atoms with Gasteiger partial charge in [0, 0.05) is 24.5 Å². The van der Waals surface area contributed by atoms with E-state index in [1.807, 2.05) is 36.4 Å². The van der Waals surface area contributed by atoms with Gasteiger partial charge in [0.15, 0.2) is 0 Å². The van der Waals surface area contributed by atoms with Gasteiger partial charge in [-0.3, -0.25) is 0 Å². The first-order valence-corrected chi connectivity index (χ1v) is 11.2. The summed E-state index contributed by atoms with van der Waals surface area (Å²) in [4.78, 5) is 13.6. The zero-order valence-electron chi connectivity index (χ0n) is 18.5. The van der Waals surface area contributed by atoms with Crippen LogP contribution in [0.2, 0.25) is 0 Å². The van der Waals surface area contributed by atoms with Gasteiger partial charge in [-0.2, -0.15) is 0 Å². The Labute approximate surface area is 189 Å². The maximum atomic E-state index is 11.2. The van der Waals surface area contributed by atoms with Crippen LogP contribution in [0.5, 0.6) is 5.75 Å². The summed E-state index contributed by atoms with van der Waals surface area (Å²) in [5, 5.41) is 15.1. The number of nitrogens with one attached hydrogen (secondary N) is 1. The van der Waals surface area contributed by atoms with Gasteiger partial charge in [-0.25, -0.2) is 4.79 Å². The smallest absolute Gasteiger partial charge is 0.335 e. The fourth-order valence-corrected chi connectivity index (χ4v) is 4.16. The van der Waals surface area contributed by atoms with E-state index in [1.54, 1.807) is 12.1 Å². The lowest BCUT2D eigenvalue weighted by molar-refractivity contribution is 0.0697. The highest BCUT2D eigenvalue weighted by molar-refractivity contribution is 5.88. The Hall–Kier alpha value is -3.15. The minimum Gasteiger partial charge on any atom is -0.489 e. The summed E-state index contributed by atoms with van der Waals surface area (Å²) in [6.07, 6.45) is 3.24. The Kier molecular flexibility index (Phi) is 7.20. The van der Waals surface area contributed by atoms with Crippen molar-refractivity contribution in [1.29, 1.82) is 0 Å². The van der Waals surface area contributed by atoms with Crippen molar-refractivity contribution in [2.75, 3.05) is 32.8 Å². The van der Waals surface area contributed by atoms with Gasteiger partial charge >= 0.3 is 5.97 Å². The van der Waals surface area contributed by atoms with Gasteiger partial charge in [-0.15, -0.1) is 0 Å². The molecule has 1 saturated heterocycles. The number of rotatable bonds is 9. The number of nitrogens with zero attached hydrogens (tertiary/aromatic N) is 1. The molecule has 0 saturated carbocycles. The second-order valence-corrected chi connectivity index (χ2v) is 8.26. The molecule has 5 nitrogen and oxygen atoms in total. The van der Waals surface area contributed by atoms with Gasteiger partial charge in [0.05, 0.1) is 5.56 Å². The van der Waals surface area contributed by atoms with Gasteiger partial charge in [-0.1, -0.05) is 61.5 Å². The van der Waals surface area contributed by atoms with E-state index in [9.17, 15) is 4.79 Å². The zero-order chi connectivity index (χ0) is 22.3. The lowest BCUT2D eigenvalue weighted by atomic mass is 10.1. The van der Waals surface area contributed by atoms with Crippen molar-refractivity contribution in [3.63, 3.8) is 0 Å². The van der Waals surface area contributed by atoms with Gasteiger partial charge in [0.25, 0.3) is 0 Å². The topological polar surface area (TPSA) is 61.8 Å². The van der Waals surface area contributed by atoms with Crippen molar-refractivity contribution < 1.29 is 14.6 Å². The summed E-state index contributed by atoms with van der Waals surface area (Å²) in [7, 11) is 0. The average Bonchev–Trinajstić information content (AvgIpc) is 3.29. The summed E-state index contributed by atoms with van der Waals surface area (Å²) in [6.45, 7) is 6.69. The van der Waals surface area contributed by atoms with Crippen molar-refractivity contribution in [2.45, 2.75) is 19.4 Å². The Morgan fingerprint density at radius 2 is 1.91 bits per heavy atom. The van der Waals surface area contributed by atoms with Gasteiger partial charge < -0.3 is 20.1 Å². The molecule has 0 aromatic heterocycles. The van der Waals surface area contributed by atoms with Crippen LogP contribution < -0.4 is 10.1 Å². The van der Waals surface area contributed by atoms with Gasteiger partial charge in [-0.05, 0) is 54.2 Å². The number of ether oxygens (including phenoxy) is 1. The van der Waals surface area contributed by atoms with Crippen LogP contribution in [0.1, 0.15) is 29.3 Å². The highest BCUT2D eigenvalue weighted by atomic mass is 16.5. The lowest BCUT2D eigenvalue weighted by Crippen LogP contribution is -2.34. The first kappa shape index (κ1) is 22.1. The van der Waals surface area contributed by atoms with E-state index in [1.165, 1.54) is 0 Å². The lowest BCUT2D eigenvalue weighted by Gasteiger charge is -2.17. The van der Waals surface area contributed by atoms with Gasteiger partial charge in [0.1, 0.15) is 12.4 Å². The SMILES string of the molecule is CCN1CCC(NC/C(=C\c2ccc(C(=O)O)cc2)COc2cccc3ccccc23)C1. The maximum absolute atomic E-state index is 11.2. The van der Waals surface area contributed by atoms with E-state index in [4.69, 9.17) is 9.84 Å². The third-order valence-electron chi connectivity index (χ3n) is 6.03. The molecule has 166 valence electrons. The Balaban J connectivity index is 1.50. The quantitative estimate of drug-likeness (QED) is 0.516. The number of carboxylic acid groups (broad SMARTS) is 1. The standard InChI is InChI=1S/C27H30N2O3/c1-2-29-15-14-24(18-29)28-17-21(16-20-10-12-23(13-11-20)27(30)31)19-32-26-9-5-7-22-6-3-4-8-25(22)26/h3-13,16,24,28H,2,14-15,17-19H2,1H3,(H,30,31)/b21-16+. The molecule has 32 heavy (non-hydrogen) atoms. The van der Waals surface area contributed by atoms with Gasteiger partial charge in [0.2, 0.25) is 0 Å². The van der Waals surface area contributed by atoms with Crippen LogP contribution in [0, 0.1) is 0 Å². The van der Waals surface area contributed by atoms with E-state index in [0.717, 1.165) is 60.3 Å². The number of hydrogen-bond acceptors (Lipinski definition) is 4. The first-order valence-electron chi connectivity index (χ1n) is 11.2. The summed E-state index contributed by atoms with van der Waals surface area (Å²) in [5.41, 5.74) is 2.38. The third kappa shape index (κ3) is 5.55. The number of carbonyl (C=O) groups is 1. The van der Waals surface area contributed by atoms with Crippen molar-refractivity contribution in [1.82, 2.24) is 10.2 Å². The largest absolute Gasteiger partial charge is 0.489 e. The molecule has 0 radical (unpaired) electrons. The van der Waals surface area contributed by atoms with E-state index >= 15 is 0 Å². The molecule has 1 atom stereocenters. The second-order valence-electron chi connectivity index (χ2n) is 8.26. The van der Waals surface area contributed by atoms with Crippen molar-refractivity contribution in [3.8, 4) is 5.75 Å². The molecule has 2 N–H and O–H groups in total. The number of likely N-dealkylation sites (tertiary alicyclic amines) is 1. The summed E-state index contributed by atoms with van der Waals surface area (Å²) < 4.78 is 6.26. The number of likely N-dealkylation sites (N-methyl/N-ethyl adjacent to an activating group) is 1. The Bertz CT molecular complexity index is 1090. The fraction of sp³-hybridized carbons (Fsp3) is 0.296. The molecule has 3 aromatic rings. The zero-order valence-corrected chi connectivity index (χ0v) is 18.5. The molecule has 5 heteroatoms. The monoisotopic (exact) mass is 430 g/mol. The van der Waals surface area contributed by atoms with Crippen LogP contribution in [0.4, 0.5) is 0 Å². The van der Waals surface area contributed by atoms with Crippen LogP contribution in [0.25, 0.3) is 16.8 Å². The number of benzene rings is 3. The summed E-state index contributed by atoms with van der Waals surface area (Å²) >= 11 is 0. The Morgan fingerprint density at radius 1 is 1.12 bits per heavy atom. The van der Waals surface area contributed by atoms with E-state index in [0.29, 0.717) is 18.2 Å². The highest BCUT2D eigenvalue weighted by Crippen LogP contribution is 2.25. The first-order chi connectivity index (χ1) is 15.6. The van der Waals surface area contributed by atoms with Crippen molar-refractivity contribution >= 4 is 22.8 Å². The van der Waals surface area contributed by atoms with E-state index in [2.05, 4.69) is 41.4 Å². The molecule has 3 aromatic carbocycles. The Morgan fingerprint density at radius 3 is 2.66 bits per heavy atom. The molecule has 0 spiro atoms. The molecule has 0 aliphatic carbocycles. The molecular formula is C27H30N2O3.